The van der Waals surface area contributed by atoms with Crippen molar-refractivity contribution in [1.29, 1.82) is 0 Å². The first-order valence-corrected chi connectivity index (χ1v) is 5.24. The van der Waals surface area contributed by atoms with Gasteiger partial charge in [-0.1, -0.05) is 0 Å². The van der Waals surface area contributed by atoms with Crippen LogP contribution in [0.1, 0.15) is 13.8 Å². The van der Waals surface area contributed by atoms with E-state index in [-0.39, 0.29) is 18.6 Å². The van der Waals surface area contributed by atoms with Gasteiger partial charge in [-0.2, -0.15) is 0 Å². The second-order valence-corrected chi connectivity index (χ2v) is 3.45. The molecule has 0 aliphatic carbocycles. The predicted molar refractivity (Wildman–Crippen MR) is 58.8 cm³/mol. The predicted octanol–water partition coefficient (Wildman–Crippen LogP) is -0.236. The Labute approximate surface area is 91.5 Å². The molecule has 15 heavy (non-hydrogen) atoms. The first kappa shape index (κ1) is 14.3. The number of carbonyl (C=O) groups is 1. The van der Waals surface area contributed by atoms with Crippen LogP contribution in [0.2, 0.25) is 0 Å². The number of hydrogen-bond acceptors (Lipinski definition) is 4. The van der Waals surface area contributed by atoms with E-state index in [0.717, 1.165) is 13.1 Å². The summed E-state index contributed by atoms with van der Waals surface area (Å²) < 4.78 is 10.0. The van der Waals surface area contributed by atoms with Crippen LogP contribution in [0, 0.1) is 0 Å². The van der Waals surface area contributed by atoms with Gasteiger partial charge in [-0.15, -0.1) is 0 Å². The molecule has 90 valence electrons. The lowest BCUT2D eigenvalue weighted by atomic mass is 10.5. The van der Waals surface area contributed by atoms with Crippen molar-refractivity contribution in [1.82, 2.24) is 10.6 Å². The monoisotopic (exact) mass is 218 g/mol. The summed E-state index contributed by atoms with van der Waals surface area (Å²) >= 11 is 0. The molecule has 5 heteroatoms. The van der Waals surface area contributed by atoms with Crippen LogP contribution in [0.3, 0.4) is 0 Å². The van der Waals surface area contributed by atoms with Crippen LogP contribution in [0.5, 0.6) is 0 Å². The summed E-state index contributed by atoms with van der Waals surface area (Å²) in [5, 5.41) is 5.87. The first-order chi connectivity index (χ1) is 7.16. The van der Waals surface area contributed by atoms with E-state index in [4.69, 9.17) is 9.47 Å². The third-order valence-corrected chi connectivity index (χ3v) is 1.65. The van der Waals surface area contributed by atoms with Gasteiger partial charge in [0.15, 0.2) is 0 Å². The largest absolute Gasteiger partial charge is 0.383 e. The van der Waals surface area contributed by atoms with E-state index in [9.17, 15) is 4.79 Å². The van der Waals surface area contributed by atoms with Crippen molar-refractivity contribution in [2.45, 2.75) is 20.0 Å². The molecule has 0 unspecified atom stereocenters. The highest BCUT2D eigenvalue weighted by Gasteiger charge is 2.01. The number of ether oxygens (including phenoxy) is 2. The van der Waals surface area contributed by atoms with Gasteiger partial charge < -0.3 is 20.1 Å². The van der Waals surface area contributed by atoms with E-state index in [2.05, 4.69) is 10.6 Å². The molecule has 0 bridgehead atoms. The van der Waals surface area contributed by atoms with E-state index >= 15 is 0 Å². The summed E-state index contributed by atoms with van der Waals surface area (Å²) in [6, 6.07) is 0. The van der Waals surface area contributed by atoms with Gasteiger partial charge in [0.2, 0.25) is 5.91 Å². The molecule has 0 fully saturated rings. The number of hydrogen-bond donors (Lipinski definition) is 2. The fraction of sp³-hybridized carbons (Fsp3) is 0.900. The molecule has 1 amide bonds. The standard InChI is InChI=1S/C10H22N2O3/c1-9(2)15-8-10(13)12-5-4-11-6-7-14-3/h9,11H,4-8H2,1-3H3,(H,12,13). The molecule has 5 nitrogen and oxygen atoms in total. The van der Waals surface area contributed by atoms with Crippen molar-refractivity contribution in [3.8, 4) is 0 Å². The number of carbonyl (C=O) groups excluding carboxylic acids is 1. The Bertz CT molecular complexity index is 163. The Kier molecular flexibility index (Phi) is 9.46. The maximum Gasteiger partial charge on any atom is 0.246 e. The Morgan fingerprint density at radius 3 is 2.60 bits per heavy atom. The fourth-order valence-electron chi connectivity index (χ4n) is 0.883. The molecule has 0 atom stereocenters. The summed E-state index contributed by atoms with van der Waals surface area (Å²) in [4.78, 5) is 11.1. The second kappa shape index (κ2) is 9.89. The molecule has 0 saturated heterocycles. The lowest BCUT2D eigenvalue weighted by molar-refractivity contribution is -0.127. The van der Waals surface area contributed by atoms with Gasteiger partial charge in [-0.05, 0) is 13.8 Å². The van der Waals surface area contributed by atoms with Gasteiger partial charge in [0.1, 0.15) is 6.61 Å². The van der Waals surface area contributed by atoms with Crippen LogP contribution < -0.4 is 10.6 Å². The van der Waals surface area contributed by atoms with Gasteiger partial charge in [0, 0.05) is 26.7 Å². The molecule has 0 radical (unpaired) electrons. The highest BCUT2D eigenvalue weighted by molar-refractivity contribution is 5.77. The maximum atomic E-state index is 11.1. The van der Waals surface area contributed by atoms with Crippen molar-refractivity contribution in [3.63, 3.8) is 0 Å². The minimum absolute atomic E-state index is 0.0720. The van der Waals surface area contributed by atoms with Crippen LogP contribution >= 0.6 is 0 Å². The minimum Gasteiger partial charge on any atom is -0.383 e. The quantitative estimate of drug-likeness (QED) is 0.525. The lowest BCUT2D eigenvalue weighted by Crippen LogP contribution is -2.35. The summed E-state index contributed by atoms with van der Waals surface area (Å²) in [6.07, 6.45) is 0.0931. The number of methoxy groups -OCH3 is 1. The van der Waals surface area contributed by atoms with Crippen molar-refractivity contribution < 1.29 is 14.3 Å². The number of nitrogens with one attached hydrogen (secondary N) is 2. The lowest BCUT2D eigenvalue weighted by Gasteiger charge is -2.08. The van der Waals surface area contributed by atoms with Crippen LogP contribution in [-0.2, 0) is 14.3 Å². The van der Waals surface area contributed by atoms with E-state index in [0.29, 0.717) is 13.2 Å². The van der Waals surface area contributed by atoms with Gasteiger partial charge in [0.05, 0.1) is 12.7 Å². The normalized spacial score (nSPS) is 10.7. The molecule has 0 aliphatic rings. The van der Waals surface area contributed by atoms with E-state index in [1.165, 1.54) is 0 Å². The number of amides is 1. The zero-order chi connectivity index (χ0) is 11.5. The molecule has 0 aromatic rings. The SMILES string of the molecule is COCCNCCNC(=O)COC(C)C. The molecule has 0 rings (SSSR count). The highest BCUT2D eigenvalue weighted by Crippen LogP contribution is 1.85. The topological polar surface area (TPSA) is 59.6 Å². The molecular weight excluding hydrogens is 196 g/mol. The molecule has 2 N–H and O–H groups in total. The molecule has 0 spiro atoms. The zero-order valence-electron chi connectivity index (χ0n) is 9.84. The summed E-state index contributed by atoms with van der Waals surface area (Å²) in [6.45, 7) is 6.79. The summed E-state index contributed by atoms with van der Waals surface area (Å²) in [7, 11) is 1.66. The Morgan fingerprint density at radius 1 is 1.27 bits per heavy atom. The van der Waals surface area contributed by atoms with Crippen molar-refractivity contribution in [2.24, 2.45) is 0 Å². The van der Waals surface area contributed by atoms with E-state index in [1.807, 2.05) is 13.8 Å². The van der Waals surface area contributed by atoms with Gasteiger partial charge in [-0.25, -0.2) is 0 Å². The molecule has 0 saturated carbocycles. The average molecular weight is 218 g/mol. The highest BCUT2D eigenvalue weighted by atomic mass is 16.5. The Hall–Kier alpha value is -0.650. The van der Waals surface area contributed by atoms with Crippen LogP contribution in [-0.4, -0.2) is 52.0 Å². The average Bonchev–Trinajstić information content (AvgIpc) is 2.20. The van der Waals surface area contributed by atoms with Crippen LogP contribution in [0.25, 0.3) is 0 Å². The smallest absolute Gasteiger partial charge is 0.246 e. The van der Waals surface area contributed by atoms with Crippen molar-refractivity contribution in [2.75, 3.05) is 40.0 Å². The molecule has 0 heterocycles. The van der Waals surface area contributed by atoms with Gasteiger partial charge in [0.25, 0.3) is 0 Å². The van der Waals surface area contributed by atoms with Crippen LogP contribution in [0.4, 0.5) is 0 Å². The van der Waals surface area contributed by atoms with Crippen LogP contribution in [0.15, 0.2) is 0 Å². The molecular formula is C10H22N2O3. The van der Waals surface area contributed by atoms with Gasteiger partial charge in [-0.3, -0.25) is 4.79 Å². The van der Waals surface area contributed by atoms with Crippen molar-refractivity contribution >= 4 is 5.91 Å². The first-order valence-electron chi connectivity index (χ1n) is 5.24. The fourth-order valence-corrected chi connectivity index (χ4v) is 0.883. The second-order valence-electron chi connectivity index (χ2n) is 3.45. The van der Waals surface area contributed by atoms with Gasteiger partial charge >= 0.3 is 0 Å². The van der Waals surface area contributed by atoms with E-state index < -0.39 is 0 Å². The summed E-state index contributed by atoms with van der Waals surface area (Å²) in [5.41, 5.74) is 0. The Morgan fingerprint density at radius 2 is 2.00 bits per heavy atom. The Balaban J connectivity index is 3.17. The molecule has 0 aromatic carbocycles. The third-order valence-electron chi connectivity index (χ3n) is 1.65. The maximum absolute atomic E-state index is 11.1. The zero-order valence-corrected chi connectivity index (χ0v) is 9.84. The molecule has 0 aromatic heterocycles. The molecule has 0 aliphatic heterocycles. The van der Waals surface area contributed by atoms with E-state index in [1.54, 1.807) is 7.11 Å². The van der Waals surface area contributed by atoms with Crippen molar-refractivity contribution in [3.05, 3.63) is 0 Å². The minimum atomic E-state index is -0.0720. The summed E-state index contributed by atoms with van der Waals surface area (Å²) in [5.74, 6) is -0.0720. The number of rotatable bonds is 9. The third kappa shape index (κ3) is 11.3.